The van der Waals surface area contributed by atoms with Crippen LogP contribution in [-0.2, 0) is 0 Å². The molecule has 0 unspecified atom stereocenters. The molecule has 0 aliphatic heterocycles. The smallest absolute Gasteiger partial charge is 0.164 e. The lowest BCUT2D eigenvalue weighted by Gasteiger charge is -2.02. The van der Waals surface area contributed by atoms with Gasteiger partial charge in [-0.25, -0.2) is 14.4 Å². The summed E-state index contributed by atoms with van der Waals surface area (Å²) in [5.41, 5.74) is 7.70. The third-order valence-corrected chi connectivity index (χ3v) is 2.70. The highest BCUT2D eigenvalue weighted by atomic mass is 19.1. The zero-order valence-electron chi connectivity index (χ0n) is 11.9. The standard InChI is InChI=1S/C14H14FN7/c1-9(4-17-2)12-7-20-21-8-19-14(22-13(12)16)10-3-11(15)6-18-5-10/h3-8,20H,2H2,1H3,(H2,16,19,21,22)/b9-4+,12-7?. The van der Waals surface area contributed by atoms with E-state index in [1.165, 1.54) is 24.8 Å². The topological polar surface area (TPSA) is 106 Å². The predicted molar refractivity (Wildman–Crippen MR) is 82.6 cm³/mol. The third kappa shape index (κ3) is 3.69. The Morgan fingerprint density at radius 1 is 1.45 bits per heavy atom. The van der Waals surface area contributed by atoms with Crippen molar-refractivity contribution in [2.45, 2.75) is 6.92 Å². The van der Waals surface area contributed by atoms with Gasteiger partial charge in [-0.3, -0.25) is 15.1 Å². The fourth-order valence-electron chi connectivity index (χ4n) is 1.69. The van der Waals surface area contributed by atoms with Crippen LogP contribution in [0.5, 0.6) is 0 Å². The quantitative estimate of drug-likeness (QED) is 0.845. The highest BCUT2D eigenvalue weighted by molar-refractivity contribution is 5.71. The monoisotopic (exact) mass is 299 g/mol. The second kappa shape index (κ2) is 7.02. The van der Waals surface area contributed by atoms with E-state index in [-0.39, 0.29) is 11.6 Å². The SMILES string of the molecule is C=N/C=C(\C)c1c[nH]ncnc(-c2cncc(F)c2)nc1N. The van der Waals surface area contributed by atoms with Crippen LogP contribution in [0.25, 0.3) is 17.0 Å². The van der Waals surface area contributed by atoms with E-state index >= 15 is 0 Å². The van der Waals surface area contributed by atoms with Gasteiger partial charge in [-0.15, -0.1) is 0 Å². The van der Waals surface area contributed by atoms with E-state index < -0.39 is 5.82 Å². The minimum Gasteiger partial charge on any atom is -0.383 e. The van der Waals surface area contributed by atoms with Gasteiger partial charge >= 0.3 is 0 Å². The molecule has 0 bridgehead atoms. The van der Waals surface area contributed by atoms with Crippen LogP contribution in [0.2, 0.25) is 0 Å². The lowest BCUT2D eigenvalue weighted by Crippen LogP contribution is -1.96. The number of aliphatic imine (C=N–C) groups is 1. The van der Waals surface area contributed by atoms with Crippen molar-refractivity contribution in [2.75, 3.05) is 5.73 Å². The Balaban J connectivity index is 2.68. The molecule has 0 aliphatic carbocycles. The second-order valence-electron chi connectivity index (χ2n) is 4.27. The van der Waals surface area contributed by atoms with E-state index in [1.807, 2.05) is 0 Å². The van der Waals surface area contributed by atoms with Crippen molar-refractivity contribution in [1.82, 2.24) is 25.1 Å². The predicted octanol–water partition coefficient (Wildman–Crippen LogP) is 2.17. The number of hydrogen-bond donors (Lipinski definition) is 2. The first-order valence-corrected chi connectivity index (χ1v) is 6.25. The van der Waals surface area contributed by atoms with Gasteiger partial charge in [0.1, 0.15) is 18.0 Å². The Kier molecular flexibility index (Phi) is 4.86. The number of nitrogens with one attached hydrogen (secondary N) is 1. The van der Waals surface area contributed by atoms with Gasteiger partial charge in [0.25, 0.3) is 0 Å². The van der Waals surface area contributed by atoms with Crippen molar-refractivity contribution < 1.29 is 4.39 Å². The van der Waals surface area contributed by atoms with Crippen LogP contribution in [0.4, 0.5) is 10.2 Å². The first-order chi connectivity index (χ1) is 10.6. The molecule has 0 aromatic carbocycles. The molecule has 2 heterocycles. The Bertz CT molecular complexity index is 765. The first-order valence-electron chi connectivity index (χ1n) is 6.25. The molecule has 0 fully saturated rings. The number of H-pyrrole nitrogens is 1. The number of nitrogen functional groups attached to an aromatic ring is 1. The average Bonchev–Trinajstić information content (AvgIpc) is 2.58. The molecule has 0 aliphatic rings. The molecular weight excluding hydrogens is 285 g/mol. The molecule has 0 radical (unpaired) electrons. The van der Waals surface area contributed by atoms with Gasteiger partial charge in [0.15, 0.2) is 5.82 Å². The van der Waals surface area contributed by atoms with Crippen LogP contribution in [0.15, 0.2) is 42.2 Å². The summed E-state index contributed by atoms with van der Waals surface area (Å²) in [5.74, 6) is -0.118. The molecule has 0 atom stereocenters. The van der Waals surface area contributed by atoms with E-state index in [0.29, 0.717) is 11.1 Å². The number of halogens is 1. The number of aromatic nitrogens is 5. The molecule has 0 saturated carbocycles. The van der Waals surface area contributed by atoms with E-state index in [4.69, 9.17) is 5.73 Å². The molecule has 2 rings (SSSR count). The molecule has 2 aromatic rings. The summed E-state index contributed by atoms with van der Waals surface area (Å²) < 4.78 is 13.3. The van der Waals surface area contributed by atoms with Gasteiger partial charge in [-0.2, -0.15) is 5.10 Å². The van der Waals surface area contributed by atoms with E-state index in [2.05, 4.69) is 36.9 Å². The van der Waals surface area contributed by atoms with Crippen LogP contribution in [0.1, 0.15) is 12.5 Å². The second-order valence-corrected chi connectivity index (χ2v) is 4.27. The van der Waals surface area contributed by atoms with E-state index in [1.54, 1.807) is 13.1 Å². The van der Waals surface area contributed by atoms with E-state index in [0.717, 1.165) is 11.8 Å². The maximum absolute atomic E-state index is 13.3. The van der Waals surface area contributed by atoms with Crippen LogP contribution >= 0.6 is 0 Å². The van der Waals surface area contributed by atoms with Crippen molar-refractivity contribution in [3.63, 3.8) is 0 Å². The van der Waals surface area contributed by atoms with Crippen molar-refractivity contribution in [3.8, 4) is 11.4 Å². The van der Waals surface area contributed by atoms with Crippen LogP contribution < -0.4 is 5.73 Å². The Morgan fingerprint density at radius 2 is 2.27 bits per heavy atom. The summed E-state index contributed by atoms with van der Waals surface area (Å²) in [6.45, 7) is 5.19. The van der Waals surface area contributed by atoms with Gasteiger partial charge in [-0.05, 0) is 25.3 Å². The number of pyridine rings is 1. The number of nitrogens with zero attached hydrogens (tertiary/aromatic N) is 5. The van der Waals surface area contributed by atoms with Crippen molar-refractivity contribution in [2.24, 2.45) is 4.99 Å². The number of rotatable bonds is 3. The van der Waals surface area contributed by atoms with Gasteiger partial charge < -0.3 is 5.73 Å². The highest BCUT2D eigenvalue weighted by Crippen LogP contribution is 2.19. The number of hydrogen-bond acceptors (Lipinski definition) is 6. The van der Waals surface area contributed by atoms with Gasteiger partial charge in [0.2, 0.25) is 0 Å². The lowest BCUT2D eigenvalue weighted by atomic mass is 10.1. The summed E-state index contributed by atoms with van der Waals surface area (Å²) in [6.07, 6.45) is 6.89. The van der Waals surface area contributed by atoms with Crippen LogP contribution in [0.3, 0.4) is 0 Å². The summed E-state index contributed by atoms with van der Waals surface area (Å²) in [6, 6.07) is 1.26. The minimum atomic E-state index is -0.494. The number of aromatic amines is 1. The fourth-order valence-corrected chi connectivity index (χ4v) is 1.69. The van der Waals surface area contributed by atoms with Crippen LogP contribution in [0, 0.1) is 5.82 Å². The normalized spacial score (nSPS) is 10.9. The van der Waals surface area contributed by atoms with Gasteiger partial charge in [-0.1, -0.05) is 0 Å². The number of nitrogens with two attached hydrogens (primary N) is 1. The molecule has 8 heteroatoms. The third-order valence-electron chi connectivity index (χ3n) is 2.70. The Labute approximate surface area is 126 Å². The molecule has 0 saturated heterocycles. The maximum Gasteiger partial charge on any atom is 0.164 e. The molecule has 2 aromatic heterocycles. The maximum atomic E-state index is 13.3. The van der Waals surface area contributed by atoms with Crippen molar-refractivity contribution in [1.29, 1.82) is 0 Å². The summed E-state index contributed by atoms with van der Waals surface area (Å²) in [7, 11) is 0. The van der Waals surface area contributed by atoms with Gasteiger partial charge in [0.05, 0.1) is 6.20 Å². The van der Waals surface area contributed by atoms with Crippen molar-refractivity contribution in [3.05, 3.63) is 48.6 Å². The molecule has 112 valence electrons. The van der Waals surface area contributed by atoms with Crippen LogP contribution in [-0.4, -0.2) is 31.9 Å². The molecule has 0 spiro atoms. The number of anilines is 1. The molecule has 0 amide bonds. The Hall–Kier alpha value is -3.16. The minimum absolute atomic E-state index is 0.179. The van der Waals surface area contributed by atoms with Crippen molar-refractivity contribution >= 4 is 18.1 Å². The Morgan fingerprint density at radius 3 is 3.00 bits per heavy atom. The molecule has 22 heavy (non-hydrogen) atoms. The van der Waals surface area contributed by atoms with Gasteiger partial charge in [0, 0.05) is 29.7 Å². The summed E-state index contributed by atoms with van der Waals surface area (Å²) in [4.78, 5) is 15.7. The van der Waals surface area contributed by atoms with E-state index in [9.17, 15) is 4.39 Å². The molecule has 3 N–H and O–H groups in total. The molecular formula is C14H14FN7. The summed E-state index contributed by atoms with van der Waals surface area (Å²) in [5, 5.41) is 6.54. The largest absolute Gasteiger partial charge is 0.383 e. The zero-order valence-corrected chi connectivity index (χ0v) is 11.9. The zero-order chi connectivity index (χ0) is 15.9. The first kappa shape index (κ1) is 15.2. The average molecular weight is 299 g/mol. The highest BCUT2D eigenvalue weighted by Gasteiger charge is 2.05. The fraction of sp³-hybridized carbons (Fsp3) is 0.0714. The lowest BCUT2D eigenvalue weighted by molar-refractivity contribution is 0.622. The molecule has 7 nitrogen and oxygen atoms in total. The summed E-state index contributed by atoms with van der Waals surface area (Å²) >= 11 is 0. The number of allylic oxidation sites excluding steroid dienone is 1.